The van der Waals surface area contributed by atoms with Crippen molar-refractivity contribution in [3.05, 3.63) is 31.4 Å². The van der Waals surface area contributed by atoms with Gasteiger partial charge >= 0.3 is 0 Å². The molecule has 0 aliphatic carbocycles. The Hall–Kier alpha value is -3.70. The molecule has 0 radical (unpaired) electrons. The molecule has 4 amide bonds. The fourth-order valence-corrected chi connectivity index (χ4v) is 4.71. The minimum atomic E-state index is -1.09. The van der Waals surface area contributed by atoms with Crippen molar-refractivity contribution >= 4 is 63.6 Å². The zero-order chi connectivity index (χ0) is 29.3. The number of nitrogens with one attached hydrogen (secondary N) is 4. The molecular formula is C23H34IN9O6. The van der Waals surface area contributed by atoms with Gasteiger partial charge in [0.25, 0.3) is 11.6 Å². The average Bonchev–Trinajstić information content (AvgIpc) is 2.87. The van der Waals surface area contributed by atoms with E-state index in [1.54, 1.807) is 6.92 Å². The van der Waals surface area contributed by atoms with Gasteiger partial charge in [-0.2, -0.15) is 0 Å². The SMILES string of the molecule is CCC(C)[C@@H]1NC(=O)c2cc([N+](=O)[O-])cc(I)c2NCCC(C(N)=O)NC(=O)[C@H](CCCN=C(N)N)NC1=O. The highest BCUT2D eigenvalue weighted by molar-refractivity contribution is 14.1. The molecule has 0 aromatic heterocycles. The quantitative estimate of drug-likeness (QED) is 0.0481. The molecule has 39 heavy (non-hydrogen) atoms. The van der Waals surface area contributed by atoms with E-state index in [1.807, 2.05) is 29.5 Å². The van der Waals surface area contributed by atoms with E-state index in [2.05, 4.69) is 26.3 Å². The highest BCUT2D eigenvalue weighted by Crippen LogP contribution is 2.29. The van der Waals surface area contributed by atoms with E-state index in [0.717, 1.165) is 6.07 Å². The number of nitrogens with two attached hydrogens (primary N) is 3. The molecule has 4 atom stereocenters. The summed E-state index contributed by atoms with van der Waals surface area (Å²) in [4.78, 5) is 66.8. The van der Waals surface area contributed by atoms with E-state index in [4.69, 9.17) is 17.2 Å². The van der Waals surface area contributed by atoms with Gasteiger partial charge in [-0.05, 0) is 47.8 Å². The molecule has 0 spiro atoms. The molecule has 16 heteroatoms. The standard InChI is InChI=1S/C23H34IN9O6/c1-3-11(2)17-22(37)31-16(5-4-7-29-23(26)27)21(36)30-15(19(25)34)6-8-28-18-13(20(35)32-17)9-12(33(38)39)10-14(18)24/h9-11,15-17,28H,3-8H2,1-2H3,(H2,25,34)(H,30,36)(H,31,37)(H,32,35)(H4,26,27,29)/t11?,15?,16-,17-/m0/s1. The molecule has 0 saturated carbocycles. The Morgan fingerprint density at radius 1 is 1.18 bits per heavy atom. The molecule has 2 unspecified atom stereocenters. The van der Waals surface area contributed by atoms with Gasteiger partial charge < -0.3 is 38.5 Å². The van der Waals surface area contributed by atoms with Crippen LogP contribution in [0.3, 0.4) is 0 Å². The van der Waals surface area contributed by atoms with E-state index in [1.165, 1.54) is 6.07 Å². The number of non-ortho nitro benzene ring substituents is 1. The lowest BCUT2D eigenvalue weighted by molar-refractivity contribution is -0.384. The fourth-order valence-electron chi connectivity index (χ4n) is 3.91. The summed E-state index contributed by atoms with van der Waals surface area (Å²) < 4.78 is 0.379. The third-order valence-electron chi connectivity index (χ3n) is 6.29. The second kappa shape index (κ2) is 14.5. The van der Waals surface area contributed by atoms with Crippen LogP contribution in [-0.4, -0.2) is 65.7 Å². The Morgan fingerprint density at radius 2 is 1.87 bits per heavy atom. The first-order valence-corrected chi connectivity index (χ1v) is 13.4. The number of hydrogen-bond acceptors (Lipinski definition) is 8. The van der Waals surface area contributed by atoms with Crippen molar-refractivity contribution < 1.29 is 24.1 Å². The van der Waals surface area contributed by atoms with E-state index in [9.17, 15) is 29.3 Å². The maximum absolute atomic E-state index is 13.4. The normalized spacial score (nSPS) is 21.1. The van der Waals surface area contributed by atoms with E-state index >= 15 is 0 Å². The molecule has 1 aromatic carbocycles. The highest BCUT2D eigenvalue weighted by Gasteiger charge is 2.33. The summed E-state index contributed by atoms with van der Waals surface area (Å²) in [6.07, 6.45) is 1.00. The summed E-state index contributed by atoms with van der Waals surface area (Å²) in [5.41, 5.74) is 16.2. The third-order valence-corrected chi connectivity index (χ3v) is 7.14. The number of hydrogen-bond donors (Lipinski definition) is 7. The van der Waals surface area contributed by atoms with Crippen LogP contribution in [0.2, 0.25) is 0 Å². The van der Waals surface area contributed by atoms with E-state index in [0.29, 0.717) is 16.4 Å². The van der Waals surface area contributed by atoms with Crippen molar-refractivity contribution in [2.45, 2.75) is 57.7 Å². The van der Waals surface area contributed by atoms with Gasteiger partial charge in [0.1, 0.15) is 18.1 Å². The number of rotatable bonds is 8. The smallest absolute Gasteiger partial charge is 0.271 e. The van der Waals surface area contributed by atoms with Gasteiger partial charge in [0, 0.05) is 28.8 Å². The summed E-state index contributed by atoms with van der Waals surface area (Å²) in [6, 6.07) is -0.834. The van der Waals surface area contributed by atoms with Gasteiger partial charge in [0.15, 0.2) is 5.96 Å². The number of nitrogens with zero attached hydrogens (tertiary/aromatic N) is 2. The van der Waals surface area contributed by atoms with Crippen LogP contribution in [0.15, 0.2) is 17.1 Å². The highest BCUT2D eigenvalue weighted by atomic mass is 127. The first-order chi connectivity index (χ1) is 18.3. The summed E-state index contributed by atoms with van der Waals surface area (Å²) in [5.74, 6) is -3.26. The number of amides is 4. The van der Waals surface area contributed by atoms with Crippen molar-refractivity contribution in [3.63, 3.8) is 0 Å². The van der Waals surface area contributed by atoms with Gasteiger partial charge in [-0.1, -0.05) is 20.3 Å². The predicted molar refractivity (Wildman–Crippen MR) is 153 cm³/mol. The van der Waals surface area contributed by atoms with Crippen LogP contribution < -0.4 is 38.5 Å². The van der Waals surface area contributed by atoms with Crippen LogP contribution in [0.5, 0.6) is 0 Å². The van der Waals surface area contributed by atoms with Gasteiger partial charge in [0.05, 0.1) is 16.2 Å². The van der Waals surface area contributed by atoms with Crippen LogP contribution >= 0.6 is 22.6 Å². The summed E-state index contributed by atoms with van der Waals surface area (Å²) in [7, 11) is 0. The van der Waals surface area contributed by atoms with Crippen molar-refractivity contribution in [2.24, 2.45) is 28.1 Å². The lowest BCUT2D eigenvalue weighted by Gasteiger charge is -2.28. The molecule has 0 bridgehead atoms. The Morgan fingerprint density at radius 3 is 2.46 bits per heavy atom. The number of primary amides is 1. The number of aliphatic imine (C=N–C) groups is 1. The van der Waals surface area contributed by atoms with Crippen LogP contribution in [-0.2, 0) is 14.4 Å². The molecule has 1 aromatic rings. The van der Waals surface area contributed by atoms with Crippen molar-refractivity contribution in [2.75, 3.05) is 18.4 Å². The van der Waals surface area contributed by atoms with Gasteiger partial charge in [0.2, 0.25) is 17.7 Å². The largest absolute Gasteiger partial charge is 0.383 e. The molecule has 1 aliphatic heterocycles. The molecule has 0 saturated heterocycles. The van der Waals surface area contributed by atoms with Crippen LogP contribution in [0.25, 0.3) is 0 Å². The lowest BCUT2D eigenvalue weighted by atomic mass is 9.96. The Kier molecular flexibility index (Phi) is 11.7. The number of benzene rings is 1. The first-order valence-electron chi connectivity index (χ1n) is 12.3. The molecule has 15 nitrogen and oxygen atoms in total. The van der Waals surface area contributed by atoms with Crippen molar-refractivity contribution in [1.29, 1.82) is 0 Å². The number of anilines is 1. The Balaban J connectivity index is 2.53. The number of halogens is 1. The molecule has 1 aliphatic rings. The van der Waals surface area contributed by atoms with Gasteiger partial charge in [-0.3, -0.25) is 34.3 Å². The maximum Gasteiger partial charge on any atom is 0.271 e. The summed E-state index contributed by atoms with van der Waals surface area (Å²) in [6.45, 7) is 3.87. The zero-order valence-electron chi connectivity index (χ0n) is 21.7. The van der Waals surface area contributed by atoms with Crippen LogP contribution in [0.4, 0.5) is 11.4 Å². The summed E-state index contributed by atoms with van der Waals surface area (Å²) >= 11 is 1.86. The Labute approximate surface area is 238 Å². The predicted octanol–water partition coefficient (Wildman–Crippen LogP) is -0.332. The van der Waals surface area contributed by atoms with E-state index in [-0.39, 0.29) is 54.7 Å². The molecule has 0 fully saturated rings. The minimum absolute atomic E-state index is 0.0410. The average molecular weight is 659 g/mol. The molecule has 1 heterocycles. The number of guanidine groups is 1. The third kappa shape index (κ3) is 8.93. The first kappa shape index (κ1) is 31.5. The topological polar surface area (TPSA) is 250 Å². The number of nitro benzene ring substituents is 1. The zero-order valence-corrected chi connectivity index (χ0v) is 23.8. The fraction of sp³-hybridized carbons (Fsp3) is 0.522. The molecule has 214 valence electrons. The summed E-state index contributed by atoms with van der Waals surface area (Å²) in [5, 5.41) is 22.4. The monoisotopic (exact) mass is 659 g/mol. The van der Waals surface area contributed by atoms with Crippen molar-refractivity contribution in [1.82, 2.24) is 16.0 Å². The lowest BCUT2D eigenvalue weighted by Crippen LogP contribution is -2.58. The van der Waals surface area contributed by atoms with Crippen LogP contribution in [0, 0.1) is 19.6 Å². The van der Waals surface area contributed by atoms with Gasteiger partial charge in [-0.15, -0.1) is 0 Å². The second-order valence-corrected chi connectivity index (χ2v) is 10.3. The Bertz CT molecular complexity index is 1140. The molecule has 2 rings (SSSR count). The van der Waals surface area contributed by atoms with Gasteiger partial charge in [-0.25, -0.2) is 0 Å². The number of fused-ring (bicyclic) bond motifs is 1. The number of carbonyl (C=O) groups is 4. The minimum Gasteiger partial charge on any atom is -0.383 e. The van der Waals surface area contributed by atoms with Crippen molar-refractivity contribution in [3.8, 4) is 0 Å². The maximum atomic E-state index is 13.4. The second-order valence-electron chi connectivity index (χ2n) is 9.13. The molecule has 10 N–H and O–H groups in total. The number of carbonyl (C=O) groups excluding carboxylic acids is 4. The van der Waals surface area contributed by atoms with E-state index < -0.39 is 46.7 Å². The number of nitro groups is 1. The van der Waals surface area contributed by atoms with Crippen LogP contribution in [0.1, 0.15) is 49.9 Å². The molecular weight excluding hydrogens is 625 g/mol.